The number of anilines is 1. The average molecular weight is 306 g/mol. The lowest BCUT2D eigenvalue weighted by Crippen LogP contribution is -2.34. The van der Waals surface area contributed by atoms with Crippen LogP contribution in [0.2, 0.25) is 5.02 Å². The number of imidazole rings is 1. The predicted octanol–water partition coefficient (Wildman–Crippen LogP) is 3.90. The van der Waals surface area contributed by atoms with Gasteiger partial charge in [-0.15, -0.1) is 0 Å². The molecule has 112 valence electrons. The number of nitrogens with zero attached hydrogens (tertiary/aromatic N) is 2. The molecule has 1 aromatic heterocycles. The van der Waals surface area contributed by atoms with E-state index in [4.69, 9.17) is 16.3 Å². The lowest BCUT2D eigenvalue weighted by Gasteiger charge is -2.31. The number of hydrogen-bond donors (Lipinski definition) is 1. The summed E-state index contributed by atoms with van der Waals surface area (Å²) < 4.78 is 7.69. The smallest absolute Gasteiger partial charge is 0.0992 e. The standard InChI is InChI=1S/C16H20ClN3O/c1-2-13-10-12(6-9-21-13)19-15-5-3-4-14(17)16(15)20-8-7-18-11-20/h3-5,7-8,11-13,19H,2,6,9-10H2,1H3. The molecule has 2 atom stereocenters. The van der Waals surface area contributed by atoms with Crippen LogP contribution >= 0.6 is 11.6 Å². The molecule has 1 saturated heterocycles. The second kappa shape index (κ2) is 6.50. The summed E-state index contributed by atoms with van der Waals surface area (Å²) in [6.07, 6.45) is 8.90. The fourth-order valence-electron chi connectivity index (χ4n) is 2.80. The van der Waals surface area contributed by atoms with E-state index in [1.54, 1.807) is 12.5 Å². The number of benzene rings is 1. The van der Waals surface area contributed by atoms with Gasteiger partial charge in [-0.1, -0.05) is 24.6 Å². The molecule has 1 aromatic carbocycles. The topological polar surface area (TPSA) is 39.1 Å². The van der Waals surface area contributed by atoms with E-state index in [0.29, 0.717) is 12.1 Å². The van der Waals surface area contributed by atoms with Gasteiger partial charge in [0.05, 0.1) is 28.8 Å². The average Bonchev–Trinajstić information content (AvgIpc) is 3.01. The molecule has 1 fully saturated rings. The predicted molar refractivity (Wildman–Crippen MR) is 85.2 cm³/mol. The Morgan fingerprint density at radius 2 is 2.38 bits per heavy atom. The van der Waals surface area contributed by atoms with Gasteiger partial charge in [-0.3, -0.25) is 0 Å². The van der Waals surface area contributed by atoms with Gasteiger partial charge in [0.1, 0.15) is 0 Å². The van der Waals surface area contributed by atoms with E-state index < -0.39 is 0 Å². The molecular formula is C16H20ClN3O. The van der Waals surface area contributed by atoms with E-state index in [-0.39, 0.29) is 0 Å². The Morgan fingerprint density at radius 1 is 1.48 bits per heavy atom. The summed E-state index contributed by atoms with van der Waals surface area (Å²) in [5.74, 6) is 0. The molecule has 1 aliphatic heterocycles. The molecule has 4 nitrogen and oxygen atoms in total. The first kappa shape index (κ1) is 14.4. The third-order valence-electron chi connectivity index (χ3n) is 3.93. The second-order valence-corrected chi connectivity index (χ2v) is 5.78. The first-order valence-corrected chi connectivity index (χ1v) is 7.80. The van der Waals surface area contributed by atoms with Crippen molar-refractivity contribution in [3.05, 3.63) is 41.9 Å². The van der Waals surface area contributed by atoms with Crippen LogP contribution in [0.25, 0.3) is 5.69 Å². The molecule has 1 aliphatic rings. The minimum atomic E-state index is 0.354. The minimum absolute atomic E-state index is 0.354. The number of rotatable bonds is 4. The molecule has 0 spiro atoms. The van der Waals surface area contributed by atoms with Crippen molar-refractivity contribution in [1.29, 1.82) is 0 Å². The molecule has 0 amide bonds. The highest BCUT2D eigenvalue weighted by atomic mass is 35.5. The molecule has 0 bridgehead atoms. The van der Waals surface area contributed by atoms with Crippen molar-refractivity contribution < 1.29 is 4.74 Å². The van der Waals surface area contributed by atoms with Crippen molar-refractivity contribution in [3.63, 3.8) is 0 Å². The fourth-order valence-corrected chi connectivity index (χ4v) is 3.07. The molecule has 5 heteroatoms. The molecule has 2 heterocycles. The van der Waals surface area contributed by atoms with Gasteiger partial charge >= 0.3 is 0 Å². The summed E-state index contributed by atoms with van der Waals surface area (Å²) in [4.78, 5) is 4.11. The number of halogens is 1. The van der Waals surface area contributed by atoms with Crippen molar-refractivity contribution >= 4 is 17.3 Å². The van der Waals surface area contributed by atoms with Gasteiger partial charge < -0.3 is 14.6 Å². The van der Waals surface area contributed by atoms with Gasteiger partial charge in [-0.25, -0.2) is 4.98 Å². The zero-order chi connectivity index (χ0) is 14.7. The van der Waals surface area contributed by atoms with Crippen molar-refractivity contribution in [1.82, 2.24) is 9.55 Å². The van der Waals surface area contributed by atoms with Gasteiger partial charge in [-0.2, -0.15) is 0 Å². The molecule has 0 radical (unpaired) electrons. The Kier molecular flexibility index (Phi) is 4.46. The van der Waals surface area contributed by atoms with Gasteiger partial charge in [-0.05, 0) is 31.4 Å². The second-order valence-electron chi connectivity index (χ2n) is 5.37. The highest BCUT2D eigenvalue weighted by Gasteiger charge is 2.22. The first-order valence-electron chi connectivity index (χ1n) is 7.43. The third kappa shape index (κ3) is 3.22. The Morgan fingerprint density at radius 3 is 3.14 bits per heavy atom. The monoisotopic (exact) mass is 305 g/mol. The first-order chi connectivity index (χ1) is 10.3. The maximum atomic E-state index is 6.38. The van der Waals surface area contributed by atoms with Crippen LogP contribution < -0.4 is 5.32 Å². The quantitative estimate of drug-likeness (QED) is 0.931. The van der Waals surface area contributed by atoms with E-state index in [1.165, 1.54) is 0 Å². The highest BCUT2D eigenvalue weighted by molar-refractivity contribution is 6.33. The summed E-state index contributed by atoms with van der Waals surface area (Å²) in [6, 6.07) is 6.37. The Balaban J connectivity index is 1.84. The number of nitrogens with one attached hydrogen (secondary N) is 1. The maximum Gasteiger partial charge on any atom is 0.0992 e. The molecule has 0 saturated carbocycles. The van der Waals surface area contributed by atoms with E-state index in [0.717, 1.165) is 42.3 Å². The minimum Gasteiger partial charge on any atom is -0.380 e. The van der Waals surface area contributed by atoms with Crippen molar-refractivity contribution in [2.45, 2.75) is 38.3 Å². The van der Waals surface area contributed by atoms with Gasteiger partial charge in [0, 0.05) is 25.0 Å². The SMILES string of the molecule is CCC1CC(Nc2cccc(Cl)c2-n2ccnc2)CCO1. The van der Waals surface area contributed by atoms with Crippen molar-refractivity contribution in [2.75, 3.05) is 11.9 Å². The van der Waals surface area contributed by atoms with Crippen molar-refractivity contribution in [2.24, 2.45) is 0 Å². The van der Waals surface area contributed by atoms with Crippen LogP contribution in [0, 0.1) is 0 Å². The summed E-state index contributed by atoms with van der Waals surface area (Å²) in [5, 5.41) is 4.35. The van der Waals surface area contributed by atoms with Crippen LogP contribution in [0.15, 0.2) is 36.9 Å². The molecule has 2 aromatic rings. The molecule has 0 aliphatic carbocycles. The van der Waals surface area contributed by atoms with Crippen LogP contribution in [0.1, 0.15) is 26.2 Å². The van der Waals surface area contributed by atoms with Crippen LogP contribution in [0.4, 0.5) is 5.69 Å². The van der Waals surface area contributed by atoms with Crippen LogP contribution in [0.3, 0.4) is 0 Å². The Labute approximate surface area is 130 Å². The summed E-state index contributed by atoms with van der Waals surface area (Å²) in [5.41, 5.74) is 2.00. The highest BCUT2D eigenvalue weighted by Crippen LogP contribution is 2.30. The van der Waals surface area contributed by atoms with Gasteiger partial charge in [0.15, 0.2) is 0 Å². The zero-order valence-electron chi connectivity index (χ0n) is 12.1. The normalized spacial score (nSPS) is 22.2. The molecule has 1 N–H and O–H groups in total. The van der Waals surface area contributed by atoms with E-state index in [1.807, 2.05) is 22.9 Å². The summed E-state index contributed by atoms with van der Waals surface area (Å²) in [7, 11) is 0. The van der Waals surface area contributed by atoms with Crippen LogP contribution in [0.5, 0.6) is 0 Å². The largest absolute Gasteiger partial charge is 0.380 e. The number of ether oxygens (including phenoxy) is 1. The van der Waals surface area contributed by atoms with Crippen LogP contribution in [-0.4, -0.2) is 28.3 Å². The fraction of sp³-hybridized carbons (Fsp3) is 0.438. The Bertz CT molecular complexity index is 585. The lowest BCUT2D eigenvalue weighted by atomic mass is 10.0. The van der Waals surface area contributed by atoms with Gasteiger partial charge in [0.25, 0.3) is 0 Å². The summed E-state index contributed by atoms with van der Waals surface area (Å²) >= 11 is 6.38. The number of hydrogen-bond acceptors (Lipinski definition) is 3. The maximum absolute atomic E-state index is 6.38. The Hall–Kier alpha value is -1.52. The van der Waals surface area contributed by atoms with E-state index >= 15 is 0 Å². The third-order valence-corrected chi connectivity index (χ3v) is 4.24. The molecule has 21 heavy (non-hydrogen) atoms. The van der Waals surface area contributed by atoms with Crippen LogP contribution in [-0.2, 0) is 4.74 Å². The molecular weight excluding hydrogens is 286 g/mol. The molecule has 3 rings (SSSR count). The zero-order valence-corrected chi connectivity index (χ0v) is 12.9. The van der Waals surface area contributed by atoms with E-state index in [9.17, 15) is 0 Å². The van der Waals surface area contributed by atoms with Crippen molar-refractivity contribution in [3.8, 4) is 5.69 Å². The number of aromatic nitrogens is 2. The van der Waals surface area contributed by atoms with Gasteiger partial charge in [0.2, 0.25) is 0 Å². The summed E-state index contributed by atoms with van der Waals surface area (Å²) in [6.45, 7) is 2.99. The number of para-hydroxylation sites is 1. The lowest BCUT2D eigenvalue weighted by molar-refractivity contribution is 0.00925. The van der Waals surface area contributed by atoms with E-state index in [2.05, 4.69) is 23.3 Å². The molecule has 2 unspecified atom stereocenters.